The van der Waals surface area contributed by atoms with Gasteiger partial charge >= 0.3 is 0 Å². The van der Waals surface area contributed by atoms with Crippen molar-refractivity contribution in [2.24, 2.45) is 0 Å². The van der Waals surface area contributed by atoms with Gasteiger partial charge in [-0.15, -0.1) is 0 Å². The molecule has 0 atom stereocenters. The maximum Gasteiger partial charge on any atom is 0.0553 e. The number of hydrogen-bond acceptors (Lipinski definition) is 0. The van der Waals surface area contributed by atoms with Gasteiger partial charge in [-0.3, -0.25) is 0 Å². The molecule has 11 rings (SSSR count). The third kappa shape index (κ3) is 3.79. The Morgan fingerprint density at radius 1 is 0.280 bits per heavy atom. The molecule has 0 aliphatic rings. The standard InChI is InChI=1S/C48H30N2/c1-2-14-34(15-3-1)49-42-21-11-10-20-40(42)46-39-19-9-8-18-38(39)41(30-45(46)49)33-22-26-35(27-23-33)50-43-28-24-31-12-4-6-16-36(31)47(43)48-37-17-7-5-13-32(37)25-29-44(48)50/h1-30H. The summed E-state index contributed by atoms with van der Waals surface area (Å²) >= 11 is 0. The van der Waals surface area contributed by atoms with Crippen LogP contribution < -0.4 is 0 Å². The molecular weight excluding hydrogens is 605 g/mol. The van der Waals surface area contributed by atoms with Crippen LogP contribution in [0, 0.1) is 0 Å². The van der Waals surface area contributed by atoms with Crippen molar-refractivity contribution in [1.82, 2.24) is 9.13 Å². The van der Waals surface area contributed by atoms with Crippen LogP contribution in [0.5, 0.6) is 0 Å². The topological polar surface area (TPSA) is 9.86 Å². The quantitative estimate of drug-likeness (QED) is 0.183. The Balaban J connectivity index is 1.17. The van der Waals surface area contributed by atoms with Gasteiger partial charge in [0.25, 0.3) is 0 Å². The summed E-state index contributed by atoms with van der Waals surface area (Å²) in [5.41, 5.74) is 9.65. The Bertz CT molecular complexity index is 3030. The van der Waals surface area contributed by atoms with E-state index in [9.17, 15) is 0 Å². The van der Waals surface area contributed by atoms with Gasteiger partial charge in [0.05, 0.1) is 22.1 Å². The summed E-state index contributed by atoms with van der Waals surface area (Å²) in [5, 5.41) is 12.8. The first kappa shape index (κ1) is 27.3. The molecule has 2 heterocycles. The van der Waals surface area contributed by atoms with Gasteiger partial charge in [0.1, 0.15) is 0 Å². The van der Waals surface area contributed by atoms with E-state index in [1.165, 1.54) is 92.7 Å². The molecule has 9 aromatic carbocycles. The van der Waals surface area contributed by atoms with Gasteiger partial charge < -0.3 is 9.13 Å². The van der Waals surface area contributed by atoms with Crippen LogP contribution in [0.25, 0.3) is 98.4 Å². The van der Waals surface area contributed by atoms with Crippen molar-refractivity contribution in [2.75, 3.05) is 0 Å². The lowest BCUT2D eigenvalue weighted by Gasteiger charge is -2.13. The van der Waals surface area contributed by atoms with Crippen LogP contribution in [0.15, 0.2) is 182 Å². The van der Waals surface area contributed by atoms with Crippen LogP contribution in [0.4, 0.5) is 0 Å². The molecule has 0 aliphatic heterocycles. The number of hydrogen-bond donors (Lipinski definition) is 0. The average molecular weight is 635 g/mol. The lowest BCUT2D eigenvalue weighted by Crippen LogP contribution is -1.95. The van der Waals surface area contributed by atoms with E-state index in [0.29, 0.717) is 0 Å². The Hall–Kier alpha value is -6.64. The van der Waals surface area contributed by atoms with Crippen LogP contribution in [0.3, 0.4) is 0 Å². The molecular formula is C48H30N2. The molecule has 232 valence electrons. The van der Waals surface area contributed by atoms with Crippen molar-refractivity contribution in [3.63, 3.8) is 0 Å². The fraction of sp³-hybridized carbons (Fsp3) is 0. The van der Waals surface area contributed by atoms with E-state index in [2.05, 4.69) is 191 Å². The largest absolute Gasteiger partial charge is 0.309 e. The molecule has 50 heavy (non-hydrogen) atoms. The smallest absolute Gasteiger partial charge is 0.0553 e. The zero-order valence-electron chi connectivity index (χ0n) is 27.2. The van der Waals surface area contributed by atoms with Gasteiger partial charge in [-0.05, 0) is 92.0 Å². The van der Waals surface area contributed by atoms with Crippen LogP contribution in [0.2, 0.25) is 0 Å². The van der Waals surface area contributed by atoms with Gasteiger partial charge in [0.15, 0.2) is 0 Å². The first-order chi connectivity index (χ1) is 24.8. The van der Waals surface area contributed by atoms with Crippen LogP contribution in [-0.2, 0) is 0 Å². The third-order valence-electron chi connectivity index (χ3n) is 10.7. The molecule has 0 radical (unpaired) electrons. The van der Waals surface area contributed by atoms with E-state index >= 15 is 0 Å². The molecule has 0 fully saturated rings. The van der Waals surface area contributed by atoms with Crippen LogP contribution >= 0.6 is 0 Å². The zero-order chi connectivity index (χ0) is 32.8. The van der Waals surface area contributed by atoms with Gasteiger partial charge in [-0.2, -0.15) is 0 Å². The molecule has 0 spiro atoms. The number of aromatic nitrogens is 2. The van der Waals surface area contributed by atoms with Crippen LogP contribution in [-0.4, -0.2) is 9.13 Å². The van der Waals surface area contributed by atoms with Crippen molar-refractivity contribution in [2.45, 2.75) is 0 Å². The molecule has 0 saturated heterocycles. The molecule has 0 unspecified atom stereocenters. The highest BCUT2D eigenvalue weighted by Gasteiger charge is 2.19. The minimum absolute atomic E-state index is 1.16. The first-order valence-electron chi connectivity index (χ1n) is 17.3. The van der Waals surface area contributed by atoms with Gasteiger partial charge in [0.2, 0.25) is 0 Å². The van der Waals surface area contributed by atoms with Crippen molar-refractivity contribution in [1.29, 1.82) is 0 Å². The van der Waals surface area contributed by atoms with Gasteiger partial charge in [-0.1, -0.05) is 133 Å². The monoisotopic (exact) mass is 634 g/mol. The average Bonchev–Trinajstić information content (AvgIpc) is 3.72. The second-order valence-electron chi connectivity index (χ2n) is 13.3. The molecule has 11 aromatic rings. The summed E-state index contributed by atoms with van der Waals surface area (Å²) in [6.07, 6.45) is 0. The predicted molar refractivity (Wildman–Crippen MR) is 213 cm³/mol. The fourth-order valence-corrected chi connectivity index (χ4v) is 8.54. The van der Waals surface area contributed by atoms with E-state index in [4.69, 9.17) is 0 Å². The number of nitrogens with zero attached hydrogens (tertiary/aromatic N) is 2. The number of fused-ring (bicyclic) bond motifs is 12. The number of rotatable bonds is 3. The predicted octanol–water partition coefficient (Wildman–Crippen LogP) is 13.0. The maximum atomic E-state index is 2.45. The van der Waals surface area contributed by atoms with Crippen molar-refractivity contribution < 1.29 is 0 Å². The lowest BCUT2D eigenvalue weighted by molar-refractivity contribution is 1.18. The Morgan fingerprint density at radius 3 is 1.44 bits per heavy atom. The van der Waals surface area contributed by atoms with E-state index in [1.807, 2.05) is 0 Å². The summed E-state index contributed by atoms with van der Waals surface area (Å²) in [7, 11) is 0. The molecule has 2 nitrogen and oxygen atoms in total. The Morgan fingerprint density at radius 2 is 0.780 bits per heavy atom. The molecule has 0 saturated carbocycles. The van der Waals surface area contributed by atoms with E-state index in [1.54, 1.807) is 0 Å². The summed E-state index contributed by atoms with van der Waals surface area (Å²) in [5.74, 6) is 0. The number of para-hydroxylation sites is 2. The fourth-order valence-electron chi connectivity index (χ4n) is 8.54. The van der Waals surface area contributed by atoms with Gasteiger partial charge in [0, 0.05) is 32.9 Å². The second-order valence-corrected chi connectivity index (χ2v) is 13.3. The normalized spacial score (nSPS) is 12.0. The van der Waals surface area contributed by atoms with Crippen LogP contribution in [0.1, 0.15) is 0 Å². The minimum atomic E-state index is 1.16. The highest BCUT2D eigenvalue weighted by atomic mass is 15.0. The summed E-state index contributed by atoms with van der Waals surface area (Å²) in [6, 6.07) is 66.7. The van der Waals surface area contributed by atoms with Crippen molar-refractivity contribution >= 4 is 75.9 Å². The highest BCUT2D eigenvalue weighted by molar-refractivity contribution is 6.28. The number of benzene rings is 9. The SMILES string of the molecule is c1ccc(-n2c3ccccc3c3c4ccccc4c(-c4ccc(-n5c6ccc7ccccc7c6c6c7ccccc7ccc65)cc4)cc32)cc1. The maximum absolute atomic E-state index is 2.45. The Kier molecular flexibility index (Phi) is 5.70. The highest BCUT2D eigenvalue weighted by Crippen LogP contribution is 2.43. The van der Waals surface area contributed by atoms with Gasteiger partial charge in [-0.25, -0.2) is 0 Å². The first-order valence-corrected chi connectivity index (χ1v) is 17.3. The summed E-state index contributed by atoms with van der Waals surface area (Å²) in [4.78, 5) is 0. The van der Waals surface area contributed by atoms with E-state index in [-0.39, 0.29) is 0 Å². The lowest BCUT2D eigenvalue weighted by atomic mass is 9.94. The molecule has 0 N–H and O–H groups in total. The molecule has 0 bridgehead atoms. The molecule has 0 aliphatic carbocycles. The van der Waals surface area contributed by atoms with Crippen molar-refractivity contribution in [3.8, 4) is 22.5 Å². The molecule has 0 amide bonds. The third-order valence-corrected chi connectivity index (χ3v) is 10.7. The molecule has 2 aromatic heterocycles. The minimum Gasteiger partial charge on any atom is -0.309 e. The van der Waals surface area contributed by atoms with Crippen molar-refractivity contribution in [3.05, 3.63) is 182 Å². The molecule has 2 heteroatoms. The Labute approximate surface area is 288 Å². The van der Waals surface area contributed by atoms with E-state index in [0.717, 1.165) is 5.69 Å². The summed E-state index contributed by atoms with van der Waals surface area (Å²) < 4.78 is 4.86. The summed E-state index contributed by atoms with van der Waals surface area (Å²) in [6.45, 7) is 0. The zero-order valence-corrected chi connectivity index (χ0v) is 27.2. The van der Waals surface area contributed by atoms with E-state index < -0.39 is 0 Å². The second kappa shape index (κ2) is 10.4.